The van der Waals surface area contributed by atoms with E-state index in [4.69, 9.17) is 0 Å². The van der Waals surface area contributed by atoms with Crippen LogP contribution in [0.5, 0.6) is 0 Å². The molecule has 0 spiro atoms. The van der Waals surface area contributed by atoms with Gasteiger partial charge in [-0.3, -0.25) is 9.20 Å². The minimum atomic E-state index is -0.229. The van der Waals surface area contributed by atoms with Gasteiger partial charge in [-0.05, 0) is 30.7 Å². The average Bonchev–Trinajstić information content (AvgIpc) is 2.48. The maximum atomic E-state index is 13.2. The van der Waals surface area contributed by atoms with Crippen LogP contribution in [-0.4, -0.2) is 16.4 Å². The summed E-state index contributed by atoms with van der Waals surface area (Å²) in [6, 6.07) is 11.9. The molecule has 0 amide bonds. The predicted molar refractivity (Wildman–Crippen MR) is 86.9 cm³/mol. The van der Waals surface area contributed by atoms with Gasteiger partial charge in [-0.1, -0.05) is 18.2 Å². The first-order valence-corrected chi connectivity index (χ1v) is 7.56. The van der Waals surface area contributed by atoms with Gasteiger partial charge in [-0.25, -0.2) is 9.37 Å². The highest BCUT2D eigenvalue weighted by atomic mass is 19.1. The maximum Gasteiger partial charge on any atom is 0.258 e. The van der Waals surface area contributed by atoms with Gasteiger partial charge in [0.1, 0.15) is 30.2 Å². The minimum absolute atomic E-state index is 0.0766. The van der Waals surface area contributed by atoms with Crippen molar-refractivity contribution in [2.75, 3.05) is 7.05 Å². The van der Waals surface area contributed by atoms with Gasteiger partial charge in [-0.2, -0.15) is 0 Å². The molecule has 0 aliphatic rings. The molecule has 1 N–H and O–H groups in total. The van der Waals surface area contributed by atoms with Gasteiger partial charge in [-0.15, -0.1) is 0 Å². The van der Waals surface area contributed by atoms with E-state index in [0.717, 1.165) is 21.7 Å². The topological polar surface area (TPSA) is 38.8 Å². The van der Waals surface area contributed by atoms with E-state index in [2.05, 4.69) is 4.98 Å². The number of pyridine rings is 1. The summed E-state index contributed by atoms with van der Waals surface area (Å²) in [4.78, 5) is 17.9. The number of halogens is 1. The smallest absolute Gasteiger partial charge is 0.258 e. The van der Waals surface area contributed by atoms with Crippen LogP contribution in [0.25, 0.3) is 5.65 Å². The van der Waals surface area contributed by atoms with Gasteiger partial charge in [0.15, 0.2) is 0 Å². The zero-order chi connectivity index (χ0) is 16.4. The lowest BCUT2D eigenvalue weighted by molar-refractivity contribution is -0.908. The summed E-state index contributed by atoms with van der Waals surface area (Å²) >= 11 is 0. The molecule has 23 heavy (non-hydrogen) atoms. The van der Waals surface area contributed by atoms with Crippen molar-refractivity contribution in [1.82, 2.24) is 9.38 Å². The number of hydrogen-bond acceptors (Lipinski definition) is 2. The molecule has 1 unspecified atom stereocenters. The van der Waals surface area contributed by atoms with E-state index in [0.29, 0.717) is 18.7 Å². The fourth-order valence-corrected chi connectivity index (χ4v) is 2.72. The summed E-state index contributed by atoms with van der Waals surface area (Å²) in [5.74, 6) is -0.229. The monoisotopic (exact) mass is 312 g/mol. The van der Waals surface area contributed by atoms with Crippen LogP contribution >= 0.6 is 0 Å². The van der Waals surface area contributed by atoms with Crippen LogP contribution in [0, 0.1) is 12.7 Å². The number of fused-ring (bicyclic) bond motifs is 1. The number of aromatic nitrogens is 2. The van der Waals surface area contributed by atoms with Crippen LogP contribution in [-0.2, 0) is 13.1 Å². The van der Waals surface area contributed by atoms with Gasteiger partial charge < -0.3 is 4.90 Å². The van der Waals surface area contributed by atoms with E-state index in [9.17, 15) is 9.18 Å². The summed E-state index contributed by atoms with van der Waals surface area (Å²) in [6.07, 6.45) is 1.79. The van der Waals surface area contributed by atoms with Gasteiger partial charge in [0, 0.05) is 17.8 Å². The first-order valence-electron chi connectivity index (χ1n) is 7.56. The Morgan fingerprint density at radius 2 is 2.00 bits per heavy atom. The molecule has 3 rings (SSSR count). The molecule has 1 atom stereocenters. The summed E-state index contributed by atoms with van der Waals surface area (Å²) < 4.78 is 14.8. The summed E-state index contributed by atoms with van der Waals surface area (Å²) in [6.45, 7) is 3.22. The Balaban J connectivity index is 1.81. The highest BCUT2D eigenvalue weighted by Gasteiger charge is 2.09. The van der Waals surface area contributed by atoms with E-state index in [1.54, 1.807) is 22.7 Å². The maximum absolute atomic E-state index is 13.2. The number of nitrogens with one attached hydrogen (secondary N) is 1. The third-order valence-corrected chi connectivity index (χ3v) is 3.74. The van der Waals surface area contributed by atoms with Crippen molar-refractivity contribution in [2.24, 2.45) is 0 Å². The quantitative estimate of drug-likeness (QED) is 0.790. The molecule has 0 aliphatic carbocycles. The molecule has 118 valence electrons. The first kappa shape index (κ1) is 15.4. The molecule has 4 nitrogen and oxygen atoms in total. The number of rotatable bonds is 4. The molecule has 0 fully saturated rings. The zero-order valence-electron chi connectivity index (χ0n) is 13.2. The Kier molecular flexibility index (Phi) is 4.21. The fourth-order valence-electron chi connectivity index (χ4n) is 2.72. The summed E-state index contributed by atoms with van der Waals surface area (Å²) in [5, 5.41) is 0. The lowest BCUT2D eigenvalue weighted by atomic mass is 10.2. The number of quaternary nitrogens is 1. The first-order chi connectivity index (χ1) is 11.0. The Morgan fingerprint density at radius 3 is 2.78 bits per heavy atom. The highest BCUT2D eigenvalue weighted by Crippen LogP contribution is 2.03. The van der Waals surface area contributed by atoms with Crippen molar-refractivity contribution in [3.8, 4) is 0 Å². The van der Waals surface area contributed by atoms with E-state index in [1.807, 2.05) is 32.2 Å². The Labute approximate surface area is 133 Å². The van der Waals surface area contributed by atoms with E-state index < -0.39 is 0 Å². The van der Waals surface area contributed by atoms with Crippen molar-refractivity contribution >= 4 is 5.65 Å². The minimum Gasteiger partial charge on any atom is -0.329 e. The third kappa shape index (κ3) is 3.63. The second-order valence-electron chi connectivity index (χ2n) is 5.96. The van der Waals surface area contributed by atoms with Gasteiger partial charge in [0.2, 0.25) is 0 Å². The number of nitrogens with zero attached hydrogens (tertiary/aromatic N) is 2. The molecule has 3 aromatic rings. The SMILES string of the molecule is Cc1ccc2nc(C[NH+](C)Cc3cccc(F)c3)cc(=O)n2c1. The lowest BCUT2D eigenvalue weighted by Crippen LogP contribution is -3.06. The van der Waals surface area contributed by atoms with Crippen LogP contribution in [0.15, 0.2) is 53.5 Å². The number of hydrogen-bond donors (Lipinski definition) is 1. The molecule has 5 heteroatoms. The highest BCUT2D eigenvalue weighted by molar-refractivity contribution is 5.39. The van der Waals surface area contributed by atoms with Crippen LogP contribution in [0.1, 0.15) is 16.8 Å². The Morgan fingerprint density at radius 1 is 1.17 bits per heavy atom. The molecular formula is C18H19FN3O+. The van der Waals surface area contributed by atoms with Crippen molar-refractivity contribution in [3.63, 3.8) is 0 Å². The molecule has 2 aromatic heterocycles. The third-order valence-electron chi connectivity index (χ3n) is 3.74. The molecule has 0 saturated carbocycles. The standard InChI is InChI=1S/C18H18FN3O/c1-13-6-7-17-20-16(9-18(23)22(17)10-13)12-21(2)11-14-4-3-5-15(19)8-14/h3-10H,11-12H2,1-2H3/p+1. The average molecular weight is 312 g/mol. The van der Waals surface area contributed by atoms with E-state index in [-0.39, 0.29) is 11.4 Å². The summed E-state index contributed by atoms with van der Waals surface area (Å²) in [5.41, 5.74) is 3.26. The van der Waals surface area contributed by atoms with Crippen molar-refractivity contribution < 1.29 is 9.29 Å². The Bertz CT molecular complexity index is 904. The second kappa shape index (κ2) is 6.30. The molecule has 0 bridgehead atoms. The van der Waals surface area contributed by atoms with Crippen LogP contribution in [0.4, 0.5) is 4.39 Å². The van der Waals surface area contributed by atoms with Crippen molar-refractivity contribution in [1.29, 1.82) is 0 Å². The Hall–Kier alpha value is -2.53. The van der Waals surface area contributed by atoms with Gasteiger partial charge in [0.25, 0.3) is 5.56 Å². The molecular weight excluding hydrogens is 293 g/mol. The fraction of sp³-hybridized carbons (Fsp3) is 0.222. The molecule has 0 aliphatic heterocycles. The molecule has 2 heterocycles. The predicted octanol–water partition coefficient (Wildman–Crippen LogP) is 1.36. The molecule has 0 saturated heterocycles. The van der Waals surface area contributed by atoms with Crippen molar-refractivity contribution in [3.05, 3.63) is 81.7 Å². The van der Waals surface area contributed by atoms with Gasteiger partial charge in [0.05, 0.1) is 7.05 Å². The lowest BCUT2D eigenvalue weighted by Gasteiger charge is -2.14. The van der Waals surface area contributed by atoms with Crippen LogP contribution in [0.2, 0.25) is 0 Å². The normalized spacial score (nSPS) is 12.5. The van der Waals surface area contributed by atoms with Crippen LogP contribution in [0.3, 0.4) is 0 Å². The van der Waals surface area contributed by atoms with Crippen molar-refractivity contribution in [2.45, 2.75) is 20.0 Å². The molecule has 0 radical (unpaired) electrons. The van der Waals surface area contributed by atoms with E-state index in [1.165, 1.54) is 12.1 Å². The van der Waals surface area contributed by atoms with E-state index >= 15 is 0 Å². The number of aryl methyl sites for hydroxylation is 1. The van der Waals surface area contributed by atoms with Gasteiger partial charge >= 0.3 is 0 Å². The largest absolute Gasteiger partial charge is 0.329 e. The molecule has 1 aromatic carbocycles. The summed E-state index contributed by atoms with van der Waals surface area (Å²) in [7, 11) is 2.00. The second-order valence-corrected chi connectivity index (χ2v) is 5.96. The number of benzene rings is 1. The zero-order valence-corrected chi connectivity index (χ0v) is 13.2. The van der Waals surface area contributed by atoms with Crippen LogP contribution < -0.4 is 10.5 Å².